The number of thioether (sulfide) groups is 1. The van der Waals surface area contributed by atoms with Crippen LogP contribution in [0, 0.1) is 16.7 Å². The summed E-state index contributed by atoms with van der Waals surface area (Å²) in [7, 11) is 1.57. The molecule has 1 atom stereocenters. The fourth-order valence-electron chi connectivity index (χ4n) is 4.99. The number of aromatic nitrogens is 3. The first-order chi connectivity index (χ1) is 19.6. The standard InChI is InChI=1S/C28H26ClN7O3S2/c1-28(2)10-19-24(20(37)11-28)23(15-5-4-6-17(9-15)39-3)18(12-30)25(31)36(19)26-34-35-27(41-26)40-14-22(38)33-21-8-7-16(29)13-32-21/h4-9,13,23H,10-11,14,31H2,1-3H3,(H,32,33,38). The molecule has 2 aliphatic rings. The number of nitrogens with two attached hydrogens (primary N) is 1. The summed E-state index contributed by atoms with van der Waals surface area (Å²) in [5.74, 6) is 0.347. The van der Waals surface area contributed by atoms with Gasteiger partial charge in [-0.2, -0.15) is 5.26 Å². The normalized spacial score (nSPS) is 18.2. The number of hydrogen-bond donors (Lipinski definition) is 2. The zero-order valence-electron chi connectivity index (χ0n) is 22.5. The summed E-state index contributed by atoms with van der Waals surface area (Å²) in [6, 6.07) is 12.8. The number of rotatable bonds is 7. The number of ether oxygens (including phenoxy) is 1. The number of nitrogens with zero attached hydrogens (tertiary/aromatic N) is 5. The van der Waals surface area contributed by atoms with Crippen LogP contribution < -0.4 is 20.7 Å². The van der Waals surface area contributed by atoms with Crippen LogP contribution in [0.5, 0.6) is 5.75 Å². The third-order valence-corrected chi connectivity index (χ3v) is 8.98. The van der Waals surface area contributed by atoms with E-state index in [0.717, 1.165) is 5.56 Å². The molecule has 13 heteroatoms. The molecule has 0 radical (unpaired) electrons. The highest BCUT2D eigenvalue weighted by Gasteiger charge is 2.45. The monoisotopic (exact) mass is 607 g/mol. The molecule has 1 aliphatic carbocycles. The lowest BCUT2D eigenvalue weighted by Gasteiger charge is -2.42. The molecule has 210 valence electrons. The number of allylic oxidation sites excluding steroid dienone is 3. The molecule has 10 nitrogen and oxygen atoms in total. The number of carbonyl (C=O) groups is 2. The highest BCUT2D eigenvalue weighted by Crippen LogP contribution is 2.51. The zero-order chi connectivity index (χ0) is 29.3. The zero-order valence-corrected chi connectivity index (χ0v) is 24.9. The third kappa shape index (κ3) is 5.93. The van der Waals surface area contributed by atoms with Crippen LogP contribution in [0.2, 0.25) is 5.02 Å². The molecule has 0 bridgehead atoms. The number of pyridine rings is 1. The van der Waals surface area contributed by atoms with E-state index < -0.39 is 5.92 Å². The fraction of sp³-hybridized carbons (Fsp3) is 0.286. The van der Waals surface area contributed by atoms with Crippen LogP contribution in [0.4, 0.5) is 10.9 Å². The number of amides is 1. The molecule has 1 amide bonds. The van der Waals surface area contributed by atoms with Gasteiger partial charge in [0.05, 0.1) is 35.4 Å². The predicted molar refractivity (Wildman–Crippen MR) is 159 cm³/mol. The Morgan fingerprint density at radius 1 is 1.32 bits per heavy atom. The maximum atomic E-state index is 13.7. The summed E-state index contributed by atoms with van der Waals surface area (Å²) in [6.07, 6.45) is 2.34. The van der Waals surface area contributed by atoms with Crippen molar-refractivity contribution in [1.29, 1.82) is 5.26 Å². The molecule has 0 spiro atoms. The topological polar surface area (TPSA) is 147 Å². The van der Waals surface area contributed by atoms with Crippen molar-refractivity contribution in [3.05, 3.63) is 75.8 Å². The Morgan fingerprint density at radius 2 is 2.12 bits per heavy atom. The van der Waals surface area contributed by atoms with Gasteiger partial charge < -0.3 is 15.8 Å². The lowest BCUT2D eigenvalue weighted by atomic mass is 9.68. The molecule has 0 saturated heterocycles. The minimum absolute atomic E-state index is 0.0408. The highest BCUT2D eigenvalue weighted by atomic mass is 35.5. The Bertz CT molecular complexity index is 1630. The Hall–Kier alpha value is -3.92. The number of halogens is 1. The maximum Gasteiger partial charge on any atom is 0.235 e. The number of benzene rings is 1. The molecule has 2 aromatic heterocycles. The van der Waals surface area contributed by atoms with Gasteiger partial charge in [-0.1, -0.05) is 60.7 Å². The van der Waals surface area contributed by atoms with Crippen molar-refractivity contribution < 1.29 is 14.3 Å². The Kier molecular flexibility index (Phi) is 8.04. The van der Waals surface area contributed by atoms with Gasteiger partial charge in [0, 0.05) is 23.9 Å². The first kappa shape index (κ1) is 28.6. The summed E-state index contributed by atoms with van der Waals surface area (Å²) in [5.41, 5.74) is 8.60. The van der Waals surface area contributed by atoms with Crippen LogP contribution in [0.15, 0.2) is 69.6 Å². The van der Waals surface area contributed by atoms with Gasteiger partial charge in [0.1, 0.15) is 17.4 Å². The van der Waals surface area contributed by atoms with Crippen LogP contribution in [0.25, 0.3) is 0 Å². The van der Waals surface area contributed by atoms with Gasteiger partial charge in [0.25, 0.3) is 0 Å². The van der Waals surface area contributed by atoms with Gasteiger partial charge in [0.2, 0.25) is 11.0 Å². The second-order valence-electron chi connectivity index (χ2n) is 10.3. The van der Waals surface area contributed by atoms with Crippen molar-refractivity contribution in [2.75, 3.05) is 23.1 Å². The SMILES string of the molecule is COc1cccc(C2C(C#N)=C(N)N(c3nnc(SCC(=O)Nc4ccc(Cl)cn4)s3)C3=C2C(=O)CC(C)(C)C3)c1. The average Bonchev–Trinajstić information content (AvgIpc) is 3.40. The van der Waals surface area contributed by atoms with Gasteiger partial charge in [-0.05, 0) is 41.7 Å². The molecular weight excluding hydrogens is 582 g/mol. The van der Waals surface area contributed by atoms with E-state index in [-0.39, 0.29) is 34.3 Å². The second kappa shape index (κ2) is 11.5. The van der Waals surface area contributed by atoms with E-state index in [1.165, 1.54) is 29.3 Å². The lowest BCUT2D eigenvalue weighted by Crippen LogP contribution is -2.42. The van der Waals surface area contributed by atoms with Gasteiger partial charge in [-0.15, -0.1) is 10.2 Å². The van der Waals surface area contributed by atoms with Crippen LogP contribution in [-0.4, -0.2) is 39.7 Å². The molecule has 0 saturated carbocycles. The quantitative estimate of drug-likeness (QED) is 0.340. The number of carbonyl (C=O) groups excluding carboxylic acids is 2. The molecule has 1 aliphatic heterocycles. The largest absolute Gasteiger partial charge is 0.497 e. The molecule has 0 fully saturated rings. The van der Waals surface area contributed by atoms with E-state index in [1.807, 2.05) is 38.1 Å². The van der Waals surface area contributed by atoms with E-state index >= 15 is 0 Å². The van der Waals surface area contributed by atoms with Crippen molar-refractivity contribution >= 4 is 57.3 Å². The van der Waals surface area contributed by atoms with Crippen LogP contribution in [0.1, 0.15) is 38.2 Å². The Morgan fingerprint density at radius 3 is 2.83 bits per heavy atom. The van der Waals surface area contributed by atoms with Gasteiger partial charge in [0.15, 0.2) is 10.1 Å². The van der Waals surface area contributed by atoms with Crippen molar-refractivity contribution in [1.82, 2.24) is 15.2 Å². The van der Waals surface area contributed by atoms with E-state index in [2.05, 4.69) is 26.6 Å². The van der Waals surface area contributed by atoms with Crippen molar-refractivity contribution in [2.45, 2.75) is 36.9 Å². The first-order valence-electron chi connectivity index (χ1n) is 12.6. The summed E-state index contributed by atoms with van der Waals surface area (Å²) in [4.78, 5) is 31.9. The minimum Gasteiger partial charge on any atom is -0.497 e. The summed E-state index contributed by atoms with van der Waals surface area (Å²) >= 11 is 8.29. The number of methoxy groups -OCH3 is 1. The van der Waals surface area contributed by atoms with E-state index in [1.54, 1.807) is 24.1 Å². The molecule has 1 aromatic carbocycles. The molecule has 41 heavy (non-hydrogen) atoms. The molecule has 5 rings (SSSR count). The minimum atomic E-state index is -0.628. The number of anilines is 2. The first-order valence-corrected chi connectivity index (χ1v) is 14.8. The van der Waals surface area contributed by atoms with Gasteiger partial charge in [-0.25, -0.2) is 4.98 Å². The second-order valence-corrected chi connectivity index (χ2v) is 12.9. The van der Waals surface area contributed by atoms with Crippen molar-refractivity contribution in [3.63, 3.8) is 0 Å². The summed E-state index contributed by atoms with van der Waals surface area (Å²) in [5, 5.41) is 22.5. The Balaban J connectivity index is 1.47. The van der Waals surface area contributed by atoms with E-state index in [9.17, 15) is 14.9 Å². The van der Waals surface area contributed by atoms with Gasteiger partial charge >= 0.3 is 0 Å². The number of nitriles is 1. The van der Waals surface area contributed by atoms with Crippen LogP contribution in [0.3, 0.4) is 0 Å². The predicted octanol–water partition coefficient (Wildman–Crippen LogP) is 5.27. The molecule has 3 aromatic rings. The number of ketones is 1. The van der Waals surface area contributed by atoms with E-state index in [0.29, 0.717) is 50.2 Å². The number of nitrogens with one attached hydrogen (secondary N) is 1. The molecular formula is C28H26ClN7O3S2. The van der Waals surface area contributed by atoms with Crippen molar-refractivity contribution in [3.8, 4) is 11.8 Å². The summed E-state index contributed by atoms with van der Waals surface area (Å²) < 4.78 is 5.94. The maximum absolute atomic E-state index is 13.7. The fourth-order valence-corrected chi connectivity index (χ4v) is 6.78. The summed E-state index contributed by atoms with van der Waals surface area (Å²) in [6.45, 7) is 4.06. The lowest BCUT2D eigenvalue weighted by molar-refractivity contribution is -0.118. The smallest absolute Gasteiger partial charge is 0.235 e. The number of hydrogen-bond acceptors (Lipinski definition) is 11. The highest BCUT2D eigenvalue weighted by molar-refractivity contribution is 8.01. The van der Waals surface area contributed by atoms with Crippen molar-refractivity contribution in [2.24, 2.45) is 11.1 Å². The van der Waals surface area contributed by atoms with E-state index in [4.69, 9.17) is 22.1 Å². The third-order valence-electron chi connectivity index (χ3n) is 6.72. The van der Waals surface area contributed by atoms with Gasteiger partial charge in [-0.3, -0.25) is 14.5 Å². The Labute approximate surface area is 250 Å². The van der Waals surface area contributed by atoms with Crippen LogP contribution >= 0.6 is 34.7 Å². The van der Waals surface area contributed by atoms with Crippen LogP contribution in [-0.2, 0) is 9.59 Å². The molecule has 3 N–H and O–H groups in total. The molecule has 1 unspecified atom stereocenters. The average molecular weight is 608 g/mol. The molecule has 3 heterocycles. The number of Topliss-reactive ketones (excluding diaryl/α,β-unsaturated/α-hetero) is 1.